The summed E-state index contributed by atoms with van der Waals surface area (Å²) in [5.41, 5.74) is 0.938. The van der Waals surface area contributed by atoms with Gasteiger partial charge < -0.3 is 10.1 Å². The van der Waals surface area contributed by atoms with Crippen LogP contribution in [0.5, 0.6) is 0 Å². The van der Waals surface area contributed by atoms with E-state index in [0.29, 0.717) is 23.3 Å². The SMILES string of the molecule is COC(C)CNc1cc(Cl)nc(-c2ccccc2)n1. The van der Waals surface area contributed by atoms with Crippen molar-refractivity contribution in [1.29, 1.82) is 0 Å². The van der Waals surface area contributed by atoms with Gasteiger partial charge in [0.2, 0.25) is 0 Å². The predicted octanol–water partition coefficient (Wildman–Crippen LogP) is 3.24. The molecule has 19 heavy (non-hydrogen) atoms. The van der Waals surface area contributed by atoms with Crippen LogP contribution in [-0.2, 0) is 4.74 Å². The van der Waals surface area contributed by atoms with E-state index in [0.717, 1.165) is 5.56 Å². The fourth-order valence-corrected chi connectivity index (χ4v) is 1.74. The third-order valence-electron chi connectivity index (χ3n) is 2.70. The van der Waals surface area contributed by atoms with Crippen LogP contribution in [-0.4, -0.2) is 29.7 Å². The molecule has 0 saturated heterocycles. The molecule has 0 amide bonds. The fourth-order valence-electron chi connectivity index (χ4n) is 1.56. The van der Waals surface area contributed by atoms with Gasteiger partial charge in [-0.15, -0.1) is 0 Å². The number of nitrogens with one attached hydrogen (secondary N) is 1. The molecule has 0 spiro atoms. The van der Waals surface area contributed by atoms with Crippen LogP contribution in [0.4, 0.5) is 5.82 Å². The molecule has 0 aliphatic carbocycles. The van der Waals surface area contributed by atoms with Crippen molar-refractivity contribution >= 4 is 17.4 Å². The Morgan fingerprint density at radius 1 is 1.26 bits per heavy atom. The maximum atomic E-state index is 6.03. The quantitative estimate of drug-likeness (QED) is 0.853. The van der Waals surface area contributed by atoms with E-state index in [1.807, 2.05) is 37.3 Å². The number of rotatable bonds is 5. The third kappa shape index (κ3) is 3.91. The van der Waals surface area contributed by atoms with Crippen molar-refractivity contribution in [1.82, 2.24) is 9.97 Å². The van der Waals surface area contributed by atoms with E-state index >= 15 is 0 Å². The average Bonchev–Trinajstić information content (AvgIpc) is 2.45. The molecule has 4 nitrogen and oxygen atoms in total. The second-order valence-corrected chi connectivity index (χ2v) is 4.58. The van der Waals surface area contributed by atoms with E-state index in [1.54, 1.807) is 13.2 Å². The van der Waals surface area contributed by atoms with Crippen molar-refractivity contribution in [3.63, 3.8) is 0 Å². The highest BCUT2D eigenvalue weighted by Crippen LogP contribution is 2.19. The maximum Gasteiger partial charge on any atom is 0.163 e. The molecule has 0 fully saturated rings. The molecule has 0 bridgehead atoms. The largest absolute Gasteiger partial charge is 0.380 e. The third-order valence-corrected chi connectivity index (χ3v) is 2.89. The van der Waals surface area contributed by atoms with Crippen LogP contribution < -0.4 is 5.32 Å². The molecule has 1 atom stereocenters. The summed E-state index contributed by atoms with van der Waals surface area (Å²) in [5, 5.41) is 3.60. The van der Waals surface area contributed by atoms with Crippen molar-refractivity contribution in [3.05, 3.63) is 41.6 Å². The highest BCUT2D eigenvalue weighted by molar-refractivity contribution is 6.29. The molecule has 0 saturated carbocycles. The van der Waals surface area contributed by atoms with Gasteiger partial charge >= 0.3 is 0 Å². The molecule has 1 N–H and O–H groups in total. The monoisotopic (exact) mass is 277 g/mol. The predicted molar refractivity (Wildman–Crippen MR) is 77.4 cm³/mol. The van der Waals surface area contributed by atoms with Crippen LogP contribution >= 0.6 is 11.6 Å². The zero-order valence-electron chi connectivity index (χ0n) is 10.9. The van der Waals surface area contributed by atoms with Gasteiger partial charge in [-0.25, -0.2) is 9.97 Å². The summed E-state index contributed by atoms with van der Waals surface area (Å²) >= 11 is 6.03. The van der Waals surface area contributed by atoms with Crippen LogP contribution in [0.25, 0.3) is 11.4 Å². The Kier molecular flexibility index (Phi) is 4.71. The van der Waals surface area contributed by atoms with Gasteiger partial charge in [0.25, 0.3) is 0 Å². The Labute approximate surface area is 117 Å². The van der Waals surface area contributed by atoms with Gasteiger partial charge in [0.1, 0.15) is 11.0 Å². The molecule has 1 aromatic carbocycles. The summed E-state index contributed by atoms with van der Waals surface area (Å²) < 4.78 is 5.18. The summed E-state index contributed by atoms with van der Waals surface area (Å²) in [7, 11) is 1.68. The Bertz CT molecular complexity index is 533. The van der Waals surface area contributed by atoms with Crippen molar-refractivity contribution in [2.24, 2.45) is 0 Å². The van der Waals surface area contributed by atoms with Gasteiger partial charge in [-0.1, -0.05) is 41.9 Å². The summed E-state index contributed by atoms with van der Waals surface area (Å²) in [6.45, 7) is 2.64. The van der Waals surface area contributed by atoms with Gasteiger partial charge in [-0.05, 0) is 6.92 Å². The van der Waals surface area contributed by atoms with E-state index in [4.69, 9.17) is 16.3 Å². The van der Waals surface area contributed by atoms with Gasteiger partial charge in [0, 0.05) is 25.3 Å². The lowest BCUT2D eigenvalue weighted by atomic mass is 10.2. The van der Waals surface area contributed by atoms with E-state index in [-0.39, 0.29) is 6.10 Å². The van der Waals surface area contributed by atoms with Crippen molar-refractivity contribution in [3.8, 4) is 11.4 Å². The Hall–Kier alpha value is -1.65. The summed E-state index contributed by atoms with van der Waals surface area (Å²) in [6, 6.07) is 11.4. The Morgan fingerprint density at radius 3 is 2.68 bits per heavy atom. The van der Waals surface area contributed by atoms with Crippen LogP contribution in [0, 0.1) is 0 Å². The van der Waals surface area contributed by atoms with Gasteiger partial charge in [-0.3, -0.25) is 0 Å². The normalized spacial score (nSPS) is 12.2. The van der Waals surface area contributed by atoms with E-state index in [1.165, 1.54) is 0 Å². The maximum absolute atomic E-state index is 6.03. The lowest BCUT2D eigenvalue weighted by molar-refractivity contribution is 0.128. The number of halogens is 1. The van der Waals surface area contributed by atoms with E-state index in [9.17, 15) is 0 Å². The van der Waals surface area contributed by atoms with Crippen molar-refractivity contribution in [2.75, 3.05) is 19.0 Å². The lowest BCUT2D eigenvalue weighted by Crippen LogP contribution is -2.18. The van der Waals surface area contributed by atoms with E-state index in [2.05, 4.69) is 15.3 Å². The summed E-state index contributed by atoms with van der Waals surface area (Å²) in [5.74, 6) is 1.31. The zero-order valence-corrected chi connectivity index (χ0v) is 11.7. The minimum absolute atomic E-state index is 0.105. The number of ether oxygens (including phenoxy) is 1. The molecular weight excluding hydrogens is 262 g/mol. The molecular formula is C14H16ClN3O. The van der Waals surface area contributed by atoms with Crippen LogP contribution in [0.2, 0.25) is 5.15 Å². The number of aromatic nitrogens is 2. The zero-order chi connectivity index (χ0) is 13.7. The number of anilines is 1. The lowest BCUT2D eigenvalue weighted by Gasteiger charge is -2.12. The number of methoxy groups -OCH3 is 1. The van der Waals surface area contributed by atoms with Crippen molar-refractivity contribution < 1.29 is 4.74 Å². The average molecular weight is 278 g/mol. The first-order valence-corrected chi connectivity index (χ1v) is 6.43. The minimum atomic E-state index is 0.105. The van der Waals surface area contributed by atoms with Gasteiger partial charge in [-0.2, -0.15) is 0 Å². The fraction of sp³-hybridized carbons (Fsp3) is 0.286. The van der Waals surface area contributed by atoms with Crippen LogP contribution in [0.1, 0.15) is 6.92 Å². The second-order valence-electron chi connectivity index (χ2n) is 4.19. The molecule has 1 unspecified atom stereocenters. The first-order chi connectivity index (χ1) is 9.19. The Balaban J connectivity index is 2.20. The van der Waals surface area contributed by atoms with Gasteiger partial charge in [0.15, 0.2) is 5.82 Å². The molecule has 5 heteroatoms. The van der Waals surface area contributed by atoms with E-state index < -0.39 is 0 Å². The standard InChI is InChI=1S/C14H16ClN3O/c1-10(19-2)9-16-13-8-12(15)17-14(18-13)11-6-4-3-5-7-11/h3-8,10H,9H2,1-2H3,(H,16,17,18). The first kappa shape index (κ1) is 13.8. The smallest absolute Gasteiger partial charge is 0.163 e. The summed E-state index contributed by atoms with van der Waals surface area (Å²) in [6.07, 6.45) is 0.105. The number of hydrogen-bond acceptors (Lipinski definition) is 4. The number of nitrogens with zero attached hydrogens (tertiary/aromatic N) is 2. The molecule has 1 aromatic heterocycles. The molecule has 2 rings (SSSR count). The van der Waals surface area contributed by atoms with Crippen LogP contribution in [0.15, 0.2) is 36.4 Å². The highest BCUT2D eigenvalue weighted by Gasteiger charge is 2.06. The topological polar surface area (TPSA) is 47.0 Å². The molecule has 2 aromatic rings. The number of hydrogen-bond donors (Lipinski definition) is 1. The molecule has 0 aliphatic rings. The number of benzene rings is 1. The minimum Gasteiger partial charge on any atom is -0.380 e. The molecule has 100 valence electrons. The molecule has 1 heterocycles. The molecule has 0 radical (unpaired) electrons. The highest BCUT2D eigenvalue weighted by atomic mass is 35.5. The molecule has 0 aliphatic heterocycles. The van der Waals surface area contributed by atoms with Gasteiger partial charge in [0.05, 0.1) is 6.10 Å². The summed E-state index contributed by atoms with van der Waals surface area (Å²) in [4.78, 5) is 8.68. The Morgan fingerprint density at radius 2 is 2.00 bits per heavy atom. The van der Waals surface area contributed by atoms with Crippen LogP contribution in [0.3, 0.4) is 0 Å². The van der Waals surface area contributed by atoms with Crippen molar-refractivity contribution in [2.45, 2.75) is 13.0 Å². The first-order valence-electron chi connectivity index (χ1n) is 6.05. The second kappa shape index (κ2) is 6.50.